The van der Waals surface area contributed by atoms with Gasteiger partial charge in [0.15, 0.2) is 0 Å². The van der Waals surface area contributed by atoms with Crippen molar-refractivity contribution in [1.29, 1.82) is 0 Å². The number of rotatable bonds is 8. The maximum absolute atomic E-state index is 6.34. The van der Waals surface area contributed by atoms with Crippen molar-refractivity contribution in [2.45, 2.75) is 38.3 Å². The van der Waals surface area contributed by atoms with E-state index in [-0.39, 0.29) is 6.04 Å². The fraction of sp³-hybridized carbons (Fsp3) is 0.412. The fourth-order valence-electron chi connectivity index (χ4n) is 2.46. The summed E-state index contributed by atoms with van der Waals surface area (Å²) in [6, 6.07) is 10.5. The molecule has 0 saturated carbocycles. The zero-order valence-corrected chi connectivity index (χ0v) is 14.0. The molecule has 2 rings (SSSR count). The number of hydrogen-bond donors (Lipinski definition) is 2. The molecule has 0 radical (unpaired) electrons. The summed E-state index contributed by atoms with van der Waals surface area (Å²) >= 11 is 3.57. The molecule has 21 heavy (non-hydrogen) atoms. The van der Waals surface area contributed by atoms with Gasteiger partial charge in [-0.15, -0.1) is 0 Å². The Kier molecular flexibility index (Phi) is 6.49. The lowest BCUT2D eigenvalue weighted by molar-refractivity contribution is 0.453. The zero-order valence-electron chi connectivity index (χ0n) is 12.4. The maximum Gasteiger partial charge on any atom is 0.0950 e. The van der Waals surface area contributed by atoms with E-state index in [2.05, 4.69) is 34.2 Å². The standard InChI is InChI=1S/C17H23BrN2O/c1-2-10-20-17(13-9-11-21-12-13)8-7-16(19)14-5-3-4-6-15(14)18/h3-6,9,11-12,16-17,20H,2,7-8,10,19H2,1H3. The van der Waals surface area contributed by atoms with Crippen LogP contribution in [0.2, 0.25) is 0 Å². The summed E-state index contributed by atoms with van der Waals surface area (Å²) in [5.41, 5.74) is 8.71. The predicted octanol–water partition coefficient (Wildman–Crippen LogP) is 4.56. The number of hydrogen-bond acceptors (Lipinski definition) is 3. The Bertz CT molecular complexity index is 527. The van der Waals surface area contributed by atoms with Crippen molar-refractivity contribution in [2.24, 2.45) is 5.73 Å². The molecule has 0 fully saturated rings. The van der Waals surface area contributed by atoms with Gasteiger partial charge in [0.1, 0.15) is 0 Å². The first-order chi connectivity index (χ1) is 10.2. The van der Waals surface area contributed by atoms with Crippen LogP contribution in [0.5, 0.6) is 0 Å². The van der Waals surface area contributed by atoms with E-state index in [1.54, 1.807) is 6.26 Å². The molecular formula is C17H23BrN2O. The van der Waals surface area contributed by atoms with Crippen LogP contribution in [0.25, 0.3) is 0 Å². The van der Waals surface area contributed by atoms with Gasteiger partial charge in [0, 0.05) is 22.1 Å². The first-order valence-corrected chi connectivity index (χ1v) is 8.27. The Morgan fingerprint density at radius 2 is 2.05 bits per heavy atom. The molecule has 3 N–H and O–H groups in total. The van der Waals surface area contributed by atoms with Crippen LogP contribution in [0, 0.1) is 0 Å². The summed E-state index contributed by atoms with van der Waals surface area (Å²) in [7, 11) is 0. The fourth-order valence-corrected chi connectivity index (χ4v) is 3.03. The number of halogens is 1. The molecule has 0 saturated heterocycles. The SMILES string of the molecule is CCCNC(CCC(N)c1ccccc1Br)c1ccoc1. The maximum atomic E-state index is 6.34. The molecule has 1 aromatic heterocycles. The van der Waals surface area contributed by atoms with E-state index in [4.69, 9.17) is 10.2 Å². The molecule has 0 spiro atoms. The average molecular weight is 351 g/mol. The van der Waals surface area contributed by atoms with E-state index in [0.29, 0.717) is 6.04 Å². The van der Waals surface area contributed by atoms with Crippen molar-refractivity contribution in [3.05, 3.63) is 58.5 Å². The van der Waals surface area contributed by atoms with Gasteiger partial charge in [-0.3, -0.25) is 0 Å². The number of nitrogens with two attached hydrogens (primary N) is 1. The summed E-state index contributed by atoms with van der Waals surface area (Å²) < 4.78 is 6.29. The summed E-state index contributed by atoms with van der Waals surface area (Å²) in [4.78, 5) is 0. The largest absolute Gasteiger partial charge is 0.472 e. The minimum absolute atomic E-state index is 0.0402. The van der Waals surface area contributed by atoms with Crippen LogP contribution >= 0.6 is 15.9 Å². The van der Waals surface area contributed by atoms with Crippen LogP contribution < -0.4 is 11.1 Å². The van der Waals surface area contributed by atoms with Crippen LogP contribution in [0.4, 0.5) is 0 Å². The van der Waals surface area contributed by atoms with Gasteiger partial charge in [0.25, 0.3) is 0 Å². The van der Waals surface area contributed by atoms with Crippen LogP contribution in [0.3, 0.4) is 0 Å². The van der Waals surface area contributed by atoms with Gasteiger partial charge in [0.2, 0.25) is 0 Å². The average Bonchev–Trinajstić information content (AvgIpc) is 3.01. The van der Waals surface area contributed by atoms with Crippen LogP contribution in [0.15, 0.2) is 51.7 Å². The predicted molar refractivity (Wildman–Crippen MR) is 90.0 cm³/mol. The van der Waals surface area contributed by atoms with E-state index in [1.165, 1.54) is 11.1 Å². The highest BCUT2D eigenvalue weighted by Gasteiger charge is 2.15. The van der Waals surface area contributed by atoms with E-state index in [0.717, 1.165) is 30.3 Å². The molecule has 0 aliphatic carbocycles. The van der Waals surface area contributed by atoms with Gasteiger partial charge in [-0.1, -0.05) is 41.1 Å². The van der Waals surface area contributed by atoms with Gasteiger partial charge < -0.3 is 15.5 Å². The topological polar surface area (TPSA) is 51.2 Å². The van der Waals surface area contributed by atoms with Crippen LogP contribution in [-0.2, 0) is 0 Å². The van der Waals surface area contributed by atoms with Crippen molar-refractivity contribution in [3.8, 4) is 0 Å². The van der Waals surface area contributed by atoms with Gasteiger partial charge in [-0.25, -0.2) is 0 Å². The molecule has 114 valence electrons. The van der Waals surface area contributed by atoms with Gasteiger partial charge in [-0.05, 0) is 43.5 Å². The molecule has 2 unspecified atom stereocenters. The minimum atomic E-state index is 0.0402. The number of benzene rings is 1. The molecule has 0 aliphatic heterocycles. The van der Waals surface area contributed by atoms with Crippen molar-refractivity contribution in [2.75, 3.05) is 6.54 Å². The Morgan fingerprint density at radius 3 is 2.71 bits per heavy atom. The van der Waals surface area contributed by atoms with Crippen LogP contribution in [0.1, 0.15) is 49.4 Å². The highest BCUT2D eigenvalue weighted by molar-refractivity contribution is 9.10. The van der Waals surface area contributed by atoms with Crippen molar-refractivity contribution in [3.63, 3.8) is 0 Å². The third-order valence-electron chi connectivity index (χ3n) is 3.66. The van der Waals surface area contributed by atoms with Crippen LogP contribution in [-0.4, -0.2) is 6.54 Å². The normalized spacial score (nSPS) is 14.0. The van der Waals surface area contributed by atoms with E-state index in [9.17, 15) is 0 Å². The Morgan fingerprint density at radius 1 is 1.24 bits per heavy atom. The third kappa shape index (κ3) is 4.70. The van der Waals surface area contributed by atoms with Gasteiger partial charge >= 0.3 is 0 Å². The lowest BCUT2D eigenvalue weighted by Crippen LogP contribution is -2.23. The van der Waals surface area contributed by atoms with E-state index >= 15 is 0 Å². The Hall–Kier alpha value is -1.10. The lowest BCUT2D eigenvalue weighted by atomic mass is 9.97. The second-order valence-electron chi connectivity index (χ2n) is 5.27. The first-order valence-electron chi connectivity index (χ1n) is 7.47. The molecule has 2 aromatic rings. The first kappa shape index (κ1) is 16.3. The second-order valence-corrected chi connectivity index (χ2v) is 6.12. The molecule has 4 heteroatoms. The lowest BCUT2D eigenvalue weighted by Gasteiger charge is -2.20. The smallest absolute Gasteiger partial charge is 0.0950 e. The molecule has 0 bridgehead atoms. The molecule has 1 heterocycles. The number of nitrogens with one attached hydrogen (secondary N) is 1. The van der Waals surface area contributed by atoms with Gasteiger partial charge in [0.05, 0.1) is 12.5 Å². The van der Waals surface area contributed by atoms with Crippen molar-refractivity contribution in [1.82, 2.24) is 5.32 Å². The quantitative estimate of drug-likeness (QED) is 0.733. The summed E-state index contributed by atoms with van der Waals surface area (Å²) in [6.45, 7) is 3.17. The van der Waals surface area contributed by atoms with Gasteiger partial charge in [-0.2, -0.15) is 0 Å². The van der Waals surface area contributed by atoms with Crippen molar-refractivity contribution >= 4 is 15.9 Å². The highest BCUT2D eigenvalue weighted by atomic mass is 79.9. The third-order valence-corrected chi connectivity index (χ3v) is 4.38. The zero-order chi connectivity index (χ0) is 15.1. The molecule has 1 aromatic carbocycles. The molecule has 2 atom stereocenters. The number of furan rings is 1. The summed E-state index contributed by atoms with van der Waals surface area (Å²) in [5, 5.41) is 3.57. The Labute approximate surface area is 135 Å². The highest BCUT2D eigenvalue weighted by Crippen LogP contribution is 2.28. The van der Waals surface area contributed by atoms with E-state index in [1.807, 2.05) is 30.5 Å². The van der Waals surface area contributed by atoms with Crippen molar-refractivity contribution < 1.29 is 4.42 Å². The molecule has 0 aliphatic rings. The second kappa shape index (κ2) is 8.37. The Balaban J connectivity index is 1.96. The monoisotopic (exact) mass is 350 g/mol. The summed E-state index contributed by atoms with van der Waals surface area (Å²) in [6.07, 6.45) is 6.57. The summed E-state index contributed by atoms with van der Waals surface area (Å²) in [5.74, 6) is 0. The minimum Gasteiger partial charge on any atom is -0.472 e. The van der Waals surface area contributed by atoms with E-state index < -0.39 is 0 Å². The molecule has 0 amide bonds. The molecular weight excluding hydrogens is 328 g/mol. The molecule has 3 nitrogen and oxygen atoms in total.